The summed E-state index contributed by atoms with van der Waals surface area (Å²) in [5.41, 5.74) is 1.15. The van der Waals surface area contributed by atoms with E-state index < -0.39 is 5.25 Å². The maximum atomic E-state index is 12.6. The molecule has 1 amide bonds. The molecule has 1 heterocycles. The summed E-state index contributed by atoms with van der Waals surface area (Å²) in [4.78, 5) is 12.6. The largest absolute Gasteiger partial charge is 0.492 e. The Hall–Kier alpha value is -2.29. The SMILES string of the molecule is CCOc1ccccc1-n1nnnc1SC(C)C(=O)Nc1cccc(Cl)c1Cl. The minimum atomic E-state index is -0.487. The average Bonchev–Trinajstić information content (AvgIpc) is 3.14. The summed E-state index contributed by atoms with van der Waals surface area (Å²) in [6.07, 6.45) is 0. The van der Waals surface area contributed by atoms with Gasteiger partial charge in [0.2, 0.25) is 11.1 Å². The molecular formula is C18H17Cl2N5O2S. The molecule has 0 fully saturated rings. The quantitative estimate of drug-likeness (QED) is 0.548. The first-order valence-corrected chi connectivity index (χ1v) is 10.1. The Labute approximate surface area is 176 Å². The predicted molar refractivity (Wildman–Crippen MR) is 111 cm³/mol. The first kappa shape index (κ1) is 20.4. The number of aromatic nitrogens is 4. The number of benzene rings is 2. The van der Waals surface area contributed by atoms with E-state index in [1.54, 1.807) is 29.8 Å². The molecule has 2 aromatic carbocycles. The van der Waals surface area contributed by atoms with E-state index in [1.165, 1.54) is 11.8 Å². The van der Waals surface area contributed by atoms with Crippen molar-refractivity contribution in [2.24, 2.45) is 0 Å². The van der Waals surface area contributed by atoms with Crippen molar-refractivity contribution in [3.05, 3.63) is 52.5 Å². The van der Waals surface area contributed by atoms with Gasteiger partial charge in [-0.05, 0) is 48.5 Å². The average molecular weight is 438 g/mol. The van der Waals surface area contributed by atoms with Crippen molar-refractivity contribution in [2.45, 2.75) is 24.3 Å². The fraction of sp³-hybridized carbons (Fsp3) is 0.222. The molecular weight excluding hydrogens is 421 g/mol. The van der Waals surface area contributed by atoms with Crippen LogP contribution in [0.3, 0.4) is 0 Å². The zero-order valence-electron chi connectivity index (χ0n) is 15.1. The zero-order chi connectivity index (χ0) is 20.1. The highest BCUT2D eigenvalue weighted by Gasteiger charge is 2.21. The number of halogens is 2. The Bertz CT molecular complexity index is 982. The number of hydrogen-bond donors (Lipinski definition) is 1. The van der Waals surface area contributed by atoms with Crippen LogP contribution in [-0.2, 0) is 4.79 Å². The van der Waals surface area contributed by atoms with E-state index in [1.807, 2.05) is 31.2 Å². The molecule has 0 aliphatic heterocycles. The van der Waals surface area contributed by atoms with Gasteiger partial charge < -0.3 is 10.1 Å². The molecule has 3 rings (SSSR count). The van der Waals surface area contributed by atoms with Crippen LogP contribution in [-0.4, -0.2) is 38.0 Å². The zero-order valence-corrected chi connectivity index (χ0v) is 17.4. The van der Waals surface area contributed by atoms with Crippen LogP contribution in [0.5, 0.6) is 5.75 Å². The standard InChI is InChI=1S/C18H17Cl2N5O2S/c1-3-27-15-10-5-4-9-14(15)25-18(22-23-24-25)28-11(2)17(26)21-13-8-6-7-12(19)16(13)20/h4-11H,3H2,1-2H3,(H,21,26). The molecule has 28 heavy (non-hydrogen) atoms. The third kappa shape index (κ3) is 4.57. The second-order valence-corrected chi connectivity index (χ2v) is 7.72. The highest BCUT2D eigenvalue weighted by molar-refractivity contribution is 8.00. The van der Waals surface area contributed by atoms with Crippen molar-refractivity contribution in [1.82, 2.24) is 20.2 Å². The number of anilines is 1. The Morgan fingerprint density at radius 1 is 1.25 bits per heavy atom. The smallest absolute Gasteiger partial charge is 0.237 e. The summed E-state index contributed by atoms with van der Waals surface area (Å²) >= 11 is 13.3. The van der Waals surface area contributed by atoms with Crippen LogP contribution in [0.2, 0.25) is 10.0 Å². The molecule has 0 saturated carbocycles. The van der Waals surface area contributed by atoms with Gasteiger partial charge in [-0.15, -0.1) is 5.10 Å². The summed E-state index contributed by atoms with van der Waals surface area (Å²) in [5, 5.41) is 15.2. The summed E-state index contributed by atoms with van der Waals surface area (Å²) in [7, 11) is 0. The molecule has 146 valence electrons. The summed E-state index contributed by atoms with van der Waals surface area (Å²) < 4.78 is 7.19. The Balaban J connectivity index is 1.77. The van der Waals surface area contributed by atoms with Gasteiger partial charge in [-0.3, -0.25) is 4.79 Å². The highest BCUT2D eigenvalue weighted by atomic mass is 35.5. The lowest BCUT2D eigenvalue weighted by Gasteiger charge is -2.14. The first-order chi connectivity index (χ1) is 13.5. The van der Waals surface area contributed by atoms with Crippen LogP contribution >= 0.6 is 35.0 Å². The molecule has 1 atom stereocenters. The van der Waals surface area contributed by atoms with E-state index in [2.05, 4.69) is 20.8 Å². The summed E-state index contributed by atoms with van der Waals surface area (Å²) in [5.74, 6) is 0.406. The number of thioether (sulfide) groups is 1. The lowest BCUT2D eigenvalue weighted by molar-refractivity contribution is -0.115. The van der Waals surface area contributed by atoms with Crippen molar-refractivity contribution < 1.29 is 9.53 Å². The molecule has 1 N–H and O–H groups in total. The summed E-state index contributed by atoms with van der Waals surface area (Å²) in [6, 6.07) is 12.5. The molecule has 0 radical (unpaired) electrons. The number of ether oxygens (including phenoxy) is 1. The normalized spacial score (nSPS) is 11.9. The molecule has 1 unspecified atom stereocenters. The Morgan fingerprint density at radius 3 is 2.82 bits per heavy atom. The van der Waals surface area contributed by atoms with E-state index in [4.69, 9.17) is 27.9 Å². The number of carbonyl (C=O) groups is 1. The maximum absolute atomic E-state index is 12.6. The summed E-state index contributed by atoms with van der Waals surface area (Å²) in [6.45, 7) is 4.17. The van der Waals surface area contributed by atoms with Crippen molar-refractivity contribution in [3.8, 4) is 11.4 Å². The van der Waals surface area contributed by atoms with E-state index in [0.717, 1.165) is 0 Å². The second kappa shape index (κ2) is 9.27. The molecule has 0 aliphatic rings. The number of carbonyl (C=O) groups excluding carboxylic acids is 1. The third-order valence-electron chi connectivity index (χ3n) is 3.70. The number of amides is 1. The second-order valence-electron chi connectivity index (χ2n) is 5.62. The van der Waals surface area contributed by atoms with Gasteiger partial charge in [-0.2, -0.15) is 4.68 Å². The van der Waals surface area contributed by atoms with Gasteiger partial charge in [0.15, 0.2) is 0 Å². The fourth-order valence-corrected chi connectivity index (χ4v) is 3.51. The van der Waals surface area contributed by atoms with Gasteiger partial charge >= 0.3 is 0 Å². The van der Waals surface area contributed by atoms with E-state index in [0.29, 0.717) is 38.9 Å². The molecule has 10 heteroatoms. The highest BCUT2D eigenvalue weighted by Crippen LogP contribution is 2.31. The minimum Gasteiger partial charge on any atom is -0.492 e. The van der Waals surface area contributed by atoms with Crippen LogP contribution in [0.4, 0.5) is 5.69 Å². The van der Waals surface area contributed by atoms with E-state index >= 15 is 0 Å². The molecule has 0 bridgehead atoms. The van der Waals surface area contributed by atoms with Crippen LogP contribution in [0.15, 0.2) is 47.6 Å². The Morgan fingerprint density at radius 2 is 2.04 bits per heavy atom. The molecule has 0 spiro atoms. The van der Waals surface area contributed by atoms with Crippen LogP contribution in [0.25, 0.3) is 5.69 Å². The lowest BCUT2D eigenvalue weighted by Crippen LogP contribution is -2.23. The van der Waals surface area contributed by atoms with Gasteiger partial charge in [0.1, 0.15) is 11.4 Å². The van der Waals surface area contributed by atoms with Crippen LogP contribution in [0, 0.1) is 0 Å². The van der Waals surface area contributed by atoms with Crippen molar-refractivity contribution in [2.75, 3.05) is 11.9 Å². The fourth-order valence-electron chi connectivity index (χ4n) is 2.36. The number of nitrogens with zero attached hydrogens (tertiary/aromatic N) is 4. The molecule has 1 aromatic heterocycles. The van der Waals surface area contributed by atoms with Gasteiger partial charge in [0, 0.05) is 0 Å². The van der Waals surface area contributed by atoms with Gasteiger partial charge in [-0.1, -0.05) is 53.2 Å². The molecule has 0 aliphatic carbocycles. The van der Waals surface area contributed by atoms with Crippen molar-refractivity contribution in [3.63, 3.8) is 0 Å². The first-order valence-electron chi connectivity index (χ1n) is 8.43. The van der Waals surface area contributed by atoms with E-state index in [9.17, 15) is 4.79 Å². The number of para-hydroxylation sites is 2. The third-order valence-corrected chi connectivity index (χ3v) is 5.55. The van der Waals surface area contributed by atoms with Crippen molar-refractivity contribution in [1.29, 1.82) is 0 Å². The molecule has 3 aromatic rings. The number of tetrazole rings is 1. The predicted octanol–water partition coefficient (Wildman–Crippen LogP) is 4.49. The van der Waals surface area contributed by atoms with Crippen LogP contribution in [0.1, 0.15) is 13.8 Å². The topological polar surface area (TPSA) is 81.9 Å². The number of rotatable bonds is 7. The molecule has 0 saturated heterocycles. The lowest BCUT2D eigenvalue weighted by atomic mass is 10.3. The minimum absolute atomic E-state index is 0.248. The van der Waals surface area contributed by atoms with Gasteiger partial charge in [0.05, 0.1) is 27.6 Å². The number of nitrogens with one attached hydrogen (secondary N) is 1. The van der Waals surface area contributed by atoms with Gasteiger partial charge in [-0.25, -0.2) is 0 Å². The maximum Gasteiger partial charge on any atom is 0.237 e. The number of hydrogen-bond acceptors (Lipinski definition) is 6. The van der Waals surface area contributed by atoms with E-state index in [-0.39, 0.29) is 5.91 Å². The monoisotopic (exact) mass is 437 g/mol. The van der Waals surface area contributed by atoms with Gasteiger partial charge in [0.25, 0.3) is 0 Å². The van der Waals surface area contributed by atoms with Crippen LogP contribution < -0.4 is 10.1 Å². The van der Waals surface area contributed by atoms with Crippen molar-refractivity contribution >= 4 is 46.6 Å². The Kier molecular flexibility index (Phi) is 6.77. The molecule has 7 nitrogen and oxygen atoms in total.